The Kier molecular flexibility index (Phi) is 4.40. The highest BCUT2D eigenvalue weighted by Crippen LogP contribution is 2.39. The van der Waals surface area contributed by atoms with E-state index in [2.05, 4.69) is 90.9 Å². The highest BCUT2D eigenvalue weighted by atomic mass is 32.1. The number of rotatable bonds is 4. The first-order chi connectivity index (χ1) is 15.2. The molecule has 1 N–H and O–H groups in total. The average Bonchev–Trinajstić information content (AvgIpc) is 3.51. The van der Waals surface area contributed by atoms with E-state index >= 15 is 0 Å². The molecule has 7 heteroatoms. The standard InChI is InChI=1S/C24H24N6S/c1-15(2)30-14-17(12-25-30)24-23-19(18-5-3-4-6-20(18)26-23)9-10-29(24)13-16-7-8-21-22(11-16)28-31-27-21/h3-8,11-12,14-15,24,26H,9-10,13H2,1-2H3. The van der Waals surface area contributed by atoms with Gasteiger partial charge >= 0.3 is 0 Å². The second-order valence-electron chi connectivity index (χ2n) is 8.62. The molecular weight excluding hydrogens is 404 g/mol. The van der Waals surface area contributed by atoms with Gasteiger partial charge in [-0.25, -0.2) is 0 Å². The van der Waals surface area contributed by atoms with Crippen LogP contribution < -0.4 is 0 Å². The number of H-pyrrole nitrogens is 1. The first kappa shape index (κ1) is 18.7. The van der Waals surface area contributed by atoms with Crippen LogP contribution in [0.1, 0.15) is 48.3 Å². The zero-order valence-corrected chi connectivity index (χ0v) is 18.4. The van der Waals surface area contributed by atoms with Crippen LogP contribution in [0.2, 0.25) is 0 Å². The first-order valence-corrected chi connectivity index (χ1v) is 11.5. The molecule has 0 aliphatic carbocycles. The molecule has 0 fully saturated rings. The fourth-order valence-corrected chi connectivity index (χ4v) is 5.29. The lowest BCUT2D eigenvalue weighted by Gasteiger charge is -2.35. The van der Waals surface area contributed by atoms with Gasteiger partial charge in [0.25, 0.3) is 0 Å². The third kappa shape index (κ3) is 3.16. The van der Waals surface area contributed by atoms with E-state index in [4.69, 9.17) is 0 Å². The molecule has 0 saturated heterocycles. The lowest BCUT2D eigenvalue weighted by Crippen LogP contribution is -2.35. The van der Waals surface area contributed by atoms with Crippen LogP contribution in [0.5, 0.6) is 0 Å². The number of nitrogens with one attached hydrogen (secondary N) is 1. The second kappa shape index (κ2) is 7.28. The number of para-hydroxylation sites is 1. The van der Waals surface area contributed by atoms with Crippen molar-refractivity contribution in [1.29, 1.82) is 0 Å². The molecule has 1 atom stereocenters. The summed E-state index contributed by atoms with van der Waals surface area (Å²) in [6.07, 6.45) is 5.27. The largest absolute Gasteiger partial charge is 0.357 e. The van der Waals surface area contributed by atoms with Gasteiger partial charge in [-0.3, -0.25) is 9.58 Å². The fraction of sp³-hybridized carbons (Fsp3) is 0.292. The summed E-state index contributed by atoms with van der Waals surface area (Å²) >= 11 is 1.27. The highest BCUT2D eigenvalue weighted by Gasteiger charge is 2.32. The van der Waals surface area contributed by atoms with Crippen molar-refractivity contribution in [3.8, 4) is 0 Å². The molecule has 6 nitrogen and oxygen atoms in total. The van der Waals surface area contributed by atoms with Gasteiger partial charge in [-0.2, -0.15) is 13.8 Å². The third-order valence-corrected chi connectivity index (χ3v) is 6.86. The lowest BCUT2D eigenvalue weighted by molar-refractivity contribution is 0.202. The van der Waals surface area contributed by atoms with Crippen molar-refractivity contribution in [2.45, 2.75) is 38.9 Å². The average molecular weight is 429 g/mol. The molecule has 1 aliphatic heterocycles. The van der Waals surface area contributed by atoms with E-state index in [0.717, 1.165) is 30.5 Å². The van der Waals surface area contributed by atoms with E-state index in [9.17, 15) is 0 Å². The number of aromatic amines is 1. The van der Waals surface area contributed by atoms with Crippen molar-refractivity contribution in [2.24, 2.45) is 0 Å². The second-order valence-corrected chi connectivity index (χ2v) is 9.15. The zero-order chi connectivity index (χ0) is 20.9. The van der Waals surface area contributed by atoms with Gasteiger partial charge in [-0.15, -0.1) is 0 Å². The molecule has 6 rings (SSSR count). The number of fused-ring (bicyclic) bond motifs is 4. The van der Waals surface area contributed by atoms with Crippen molar-refractivity contribution >= 4 is 33.7 Å². The number of nitrogens with zero attached hydrogens (tertiary/aromatic N) is 5. The van der Waals surface area contributed by atoms with Crippen LogP contribution in [-0.4, -0.2) is 35.0 Å². The molecule has 0 radical (unpaired) electrons. The molecule has 0 amide bonds. The summed E-state index contributed by atoms with van der Waals surface area (Å²) in [4.78, 5) is 6.30. The Morgan fingerprint density at radius 1 is 1.13 bits per heavy atom. The maximum absolute atomic E-state index is 4.65. The first-order valence-electron chi connectivity index (χ1n) is 10.8. The summed E-state index contributed by atoms with van der Waals surface area (Å²) in [6.45, 7) is 6.20. The Bertz CT molecular complexity index is 1380. The summed E-state index contributed by atoms with van der Waals surface area (Å²) < 4.78 is 10.8. The Hall–Kier alpha value is -3.03. The van der Waals surface area contributed by atoms with E-state index in [1.807, 2.05) is 6.20 Å². The fourth-order valence-electron chi connectivity index (χ4n) is 4.78. The van der Waals surface area contributed by atoms with Crippen molar-refractivity contribution in [3.63, 3.8) is 0 Å². The van der Waals surface area contributed by atoms with Gasteiger partial charge in [0.05, 0.1) is 24.0 Å². The van der Waals surface area contributed by atoms with Crippen LogP contribution in [0.4, 0.5) is 0 Å². The Morgan fingerprint density at radius 3 is 2.87 bits per heavy atom. The number of benzene rings is 2. The van der Waals surface area contributed by atoms with E-state index in [1.165, 1.54) is 45.0 Å². The zero-order valence-electron chi connectivity index (χ0n) is 17.6. The maximum Gasteiger partial charge on any atom is 0.105 e. The van der Waals surface area contributed by atoms with Crippen molar-refractivity contribution in [2.75, 3.05) is 6.54 Å². The third-order valence-electron chi connectivity index (χ3n) is 6.30. The summed E-state index contributed by atoms with van der Waals surface area (Å²) in [6, 6.07) is 15.6. The van der Waals surface area contributed by atoms with E-state index in [-0.39, 0.29) is 6.04 Å². The van der Waals surface area contributed by atoms with Crippen LogP contribution in [0, 0.1) is 0 Å². The minimum absolute atomic E-state index is 0.146. The Labute approximate surface area is 184 Å². The molecule has 2 aromatic carbocycles. The van der Waals surface area contributed by atoms with Gasteiger partial charge in [-0.1, -0.05) is 24.3 Å². The van der Waals surface area contributed by atoms with Crippen molar-refractivity contribution in [1.82, 2.24) is 28.4 Å². The van der Waals surface area contributed by atoms with E-state index in [1.54, 1.807) is 0 Å². The lowest BCUT2D eigenvalue weighted by atomic mass is 9.93. The van der Waals surface area contributed by atoms with Gasteiger partial charge in [0.15, 0.2) is 0 Å². The summed E-state index contributed by atoms with van der Waals surface area (Å²) in [5.41, 5.74) is 8.40. The SMILES string of the molecule is CC(C)n1cc(C2c3[nH]c4ccccc4c3CCN2Cc2ccc3nsnc3c2)cn1. The van der Waals surface area contributed by atoms with Crippen molar-refractivity contribution in [3.05, 3.63) is 77.2 Å². The number of hydrogen-bond donors (Lipinski definition) is 1. The Morgan fingerprint density at radius 2 is 2.00 bits per heavy atom. The van der Waals surface area contributed by atoms with Gasteiger partial charge < -0.3 is 4.98 Å². The van der Waals surface area contributed by atoms with Crippen LogP contribution in [0.15, 0.2) is 54.9 Å². The van der Waals surface area contributed by atoms with Crippen LogP contribution in [0.25, 0.3) is 21.9 Å². The number of aromatic nitrogens is 5. The Balaban J connectivity index is 1.44. The minimum Gasteiger partial charge on any atom is -0.357 e. The van der Waals surface area contributed by atoms with E-state index < -0.39 is 0 Å². The van der Waals surface area contributed by atoms with Crippen LogP contribution >= 0.6 is 11.7 Å². The smallest absolute Gasteiger partial charge is 0.105 e. The van der Waals surface area contributed by atoms with Gasteiger partial charge in [0.1, 0.15) is 11.0 Å². The van der Waals surface area contributed by atoms with Crippen molar-refractivity contribution < 1.29 is 0 Å². The molecule has 156 valence electrons. The molecule has 0 spiro atoms. The molecular formula is C24H24N6S. The van der Waals surface area contributed by atoms with Gasteiger partial charge in [0, 0.05) is 47.5 Å². The monoisotopic (exact) mass is 428 g/mol. The predicted octanol–water partition coefficient (Wildman–Crippen LogP) is 5.10. The molecule has 1 aliphatic rings. The topological polar surface area (TPSA) is 62.6 Å². The van der Waals surface area contributed by atoms with E-state index in [0.29, 0.717) is 6.04 Å². The molecule has 0 saturated carbocycles. The minimum atomic E-state index is 0.146. The highest BCUT2D eigenvalue weighted by molar-refractivity contribution is 7.00. The summed E-state index contributed by atoms with van der Waals surface area (Å²) in [5.74, 6) is 0. The molecule has 3 aromatic heterocycles. The van der Waals surface area contributed by atoms with Gasteiger partial charge in [-0.05, 0) is 49.6 Å². The quantitative estimate of drug-likeness (QED) is 0.433. The maximum atomic E-state index is 4.65. The summed E-state index contributed by atoms with van der Waals surface area (Å²) in [7, 11) is 0. The predicted molar refractivity (Wildman–Crippen MR) is 124 cm³/mol. The van der Waals surface area contributed by atoms with Gasteiger partial charge in [0.2, 0.25) is 0 Å². The molecule has 0 bridgehead atoms. The normalized spacial score (nSPS) is 17.1. The molecule has 4 heterocycles. The molecule has 1 unspecified atom stereocenters. The number of hydrogen-bond acceptors (Lipinski definition) is 5. The summed E-state index contributed by atoms with van der Waals surface area (Å²) in [5, 5.41) is 5.99. The molecule has 5 aromatic rings. The van der Waals surface area contributed by atoms with Crippen LogP contribution in [0.3, 0.4) is 0 Å². The van der Waals surface area contributed by atoms with Crippen LogP contribution in [-0.2, 0) is 13.0 Å². The molecule has 31 heavy (non-hydrogen) atoms.